The molecule has 374 valence electrons. The first-order chi connectivity index (χ1) is 30.2. The zero-order chi connectivity index (χ0) is 47.9. The highest BCUT2D eigenvalue weighted by Gasteiger charge is 2.63. The molecule has 0 radical (unpaired) electrons. The Balaban J connectivity index is 1.16. The lowest BCUT2D eigenvalue weighted by atomic mass is 9.47. The maximum absolute atomic E-state index is 13.1. The zero-order valence-electron chi connectivity index (χ0n) is 38.7. The van der Waals surface area contributed by atoms with Crippen molar-refractivity contribution in [2.24, 2.45) is 40.4 Å². The van der Waals surface area contributed by atoms with Crippen molar-refractivity contribution < 1.29 is 91.2 Å². The number of rotatable bonds is 13. The van der Waals surface area contributed by atoms with Gasteiger partial charge in [-0.05, 0) is 113 Å². The van der Waals surface area contributed by atoms with Crippen LogP contribution in [0.15, 0.2) is 11.6 Å². The van der Waals surface area contributed by atoms with Gasteiger partial charge in [0.05, 0.1) is 36.1 Å². The van der Waals surface area contributed by atoms with E-state index in [0.29, 0.717) is 38.5 Å². The fourth-order valence-corrected chi connectivity index (χ4v) is 13.6. The predicted molar refractivity (Wildman–Crippen MR) is 226 cm³/mol. The van der Waals surface area contributed by atoms with Gasteiger partial charge in [-0.15, -0.1) is 0 Å². The van der Waals surface area contributed by atoms with Crippen LogP contribution < -0.4 is 0 Å². The standard InChI is InChI=1S/C45H74O19S/c1-19(2)15-23(46)18-45(8,54)30-10-9-26-25-17-29(28-16-24(64-65(55,56)57)11-13-43(28,6)27(25)12-14-44(26,30)7)61-41-37(53)38(33(49)22(5)59-41)62-42-39(35(51)32(48)21(4)60-42)63-40-36(52)34(50)31(47)20(3)58-40/h12,19-22,24-26,28-42,47-54H,9-11,13-18H2,1-8H3,(H,55,56,57)/t20-,21-,22-,24+,25+,26+,28-,29+,30+,31-,32-,33-,34+,35+,36-,37-,38+,39-,40+,41+,42+,43-,44+,45+/m1/s1. The lowest BCUT2D eigenvalue weighted by Crippen LogP contribution is -2.66. The summed E-state index contributed by atoms with van der Waals surface area (Å²) in [7, 11) is -4.80. The largest absolute Gasteiger partial charge is 0.397 e. The van der Waals surface area contributed by atoms with Gasteiger partial charge < -0.3 is 69.3 Å². The van der Waals surface area contributed by atoms with Crippen LogP contribution in [0.3, 0.4) is 0 Å². The number of carbonyl (C=O) groups excluding carboxylic acids is 1. The van der Waals surface area contributed by atoms with Gasteiger partial charge in [0.1, 0.15) is 60.7 Å². The minimum Gasteiger partial charge on any atom is -0.389 e. The Kier molecular flexibility index (Phi) is 15.2. The molecule has 3 saturated carbocycles. The average Bonchev–Trinajstić information content (AvgIpc) is 3.58. The van der Waals surface area contributed by atoms with E-state index in [9.17, 15) is 58.6 Å². The second-order valence-electron chi connectivity index (χ2n) is 21.5. The molecule has 3 saturated heterocycles. The number of Topliss-reactive ketones (excluding diaryl/α,β-unsaturated/α-hetero) is 1. The second kappa shape index (κ2) is 19.1. The third kappa shape index (κ3) is 10.0. The molecule has 3 aliphatic heterocycles. The molecule has 0 amide bonds. The van der Waals surface area contributed by atoms with Crippen LogP contribution in [0.1, 0.15) is 113 Å². The van der Waals surface area contributed by atoms with E-state index in [2.05, 4.69) is 19.9 Å². The van der Waals surface area contributed by atoms with Gasteiger partial charge in [-0.3, -0.25) is 9.35 Å². The summed E-state index contributed by atoms with van der Waals surface area (Å²) >= 11 is 0. The third-order valence-corrected chi connectivity index (χ3v) is 17.0. The van der Waals surface area contributed by atoms with Gasteiger partial charge in [0.2, 0.25) is 0 Å². The van der Waals surface area contributed by atoms with Crippen LogP contribution in [0.2, 0.25) is 0 Å². The molecule has 4 aliphatic carbocycles. The molecule has 20 heteroatoms. The molecule has 0 aromatic carbocycles. The topological polar surface area (TPSA) is 298 Å². The van der Waals surface area contributed by atoms with Crippen molar-refractivity contribution in [1.82, 2.24) is 0 Å². The van der Waals surface area contributed by atoms with Crippen LogP contribution in [0.5, 0.6) is 0 Å². The molecule has 0 spiro atoms. The summed E-state index contributed by atoms with van der Waals surface area (Å²) in [5.74, 6) is -0.378. The van der Waals surface area contributed by atoms with Crippen LogP contribution in [0, 0.1) is 40.4 Å². The molecule has 9 N–H and O–H groups in total. The number of fused-ring (bicyclic) bond motifs is 5. The average molecular weight is 951 g/mol. The molecular weight excluding hydrogens is 877 g/mol. The molecule has 0 bridgehead atoms. The van der Waals surface area contributed by atoms with Crippen molar-refractivity contribution >= 4 is 16.2 Å². The summed E-state index contributed by atoms with van der Waals surface area (Å²) in [6.45, 7) is 14.5. The Hall–Kier alpha value is -1.28. The van der Waals surface area contributed by atoms with Gasteiger partial charge in [0, 0.05) is 12.8 Å². The van der Waals surface area contributed by atoms with Gasteiger partial charge >= 0.3 is 10.4 Å². The number of carbonyl (C=O) groups is 1. The van der Waals surface area contributed by atoms with Crippen molar-refractivity contribution in [2.45, 2.75) is 223 Å². The van der Waals surface area contributed by atoms with E-state index in [0.717, 1.165) is 6.42 Å². The van der Waals surface area contributed by atoms with Crippen LogP contribution >= 0.6 is 0 Å². The van der Waals surface area contributed by atoms with Crippen molar-refractivity contribution in [3.63, 3.8) is 0 Å². The number of allylic oxidation sites excluding steroid dienone is 2. The zero-order valence-corrected chi connectivity index (χ0v) is 39.5. The van der Waals surface area contributed by atoms with Gasteiger partial charge in [0.15, 0.2) is 18.9 Å². The summed E-state index contributed by atoms with van der Waals surface area (Å²) < 4.78 is 75.5. The molecule has 65 heavy (non-hydrogen) atoms. The molecule has 6 fully saturated rings. The third-order valence-electron chi connectivity index (χ3n) is 16.4. The Morgan fingerprint density at radius 2 is 1.35 bits per heavy atom. The smallest absolute Gasteiger partial charge is 0.389 e. The van der Waals surface area contributed by atoms with E-state index in [4.69, 9.17) is 32.6 Å². The van der Waals surface area contributed by atoms with E-state index in [-0.39, 0.29) is 47.7 Å². The van der Waals surface area contributed by atoms with Gasteiger partial charge in [-0.1, -0.05) is 39.3 Å². The molecule has 3 heterocycles. The number of aliphatic hydroxyl groups is 8. The molecule has 19 nitrogen and oxygen atoms in total. The summed E-state index contributed by atoms with van der Waals surface area (Å²) in [5, 5.41) is 89.0. The summed E-state index contributed by atoms with van der Waals surface area (Å²) in [4.78, 5) is 13.1. The maximum Gasteiger partial charge on any atom is 0.397 e. The van der Waals surface area contributed by atoms with E-state index in [1.807, 2.05) is 13.8 Å². The quantitative estimate of drug-likeness (QED) is 0.0920. The summed E-state index contributed by atoms with van der Waals surface area (Å²) in [5.41, 5.74) is -0.961. The first-order valence-corrected chi connectivity index (χ1v) is 24.8. The summed E-state index contributed by atoms with van der Waals surface area (Å²) in [6.07, 6.45) is -17.6. The summed E-state index contributed by atoms with van der Waals surface area (Å²) in [6, 6.07) is 0. The molecule has 0 aromatic rings. The number of ether oxygens (including phenoxy) is 6. The highest BCUT2D eigenvalue weighted by molar-refractivity contribution is 7.80. The highest BCUT2D eigenvalue weighted by atomic mass is 32.3. The van der Waals surface area contributed by atoms with Gasteiger partial charge in [-0.25, -0.2) is 4.18 Å². The molecule has 0 unspecified atom stereocenters. The lowest BCUT2D eigenvalue weighted by Gasteiger charge is -2.60. The van der Waals surface area contributed by atoms with Crippen molar-refractivity contribution in [1.29, 1.82) is 0 Å². The first kappa shape index (κ1) is 51.6. The number of hydrogen-bond donors (Lipinski definition) is 9. The normalized spacial score (nSPS) is 50.2. The molecule has 24 atom stereocenters. The Labute approximate surface area is 381 Å². The lowest BCUT2D eigenvalue weighted by molar-refractivity contribution is -0.386. The fraction of sp³-hybridized carbons (Fsp3) is 0.933. The predicted octanol–water partition coefficient (Wildman–Crippen LogP) is 1.04. The van der Waals surface area contributed by atoms with Crippen LogP contribution in [0.4, 0.5) is 0 Å². The van der Waals surface area contributed by atoms with Gasteiger partial charge in [0.25, 0.3) is 0 Å². The Morgan fingerprint density at radius 3 is 1.98 bits per heavy atom. The second-order valence-corrected chi connectivity index (χ2v) is 22.5. The molecule has 0 aromatic heterocycles. The van der Waals surface area contributed by atoms with Crippen LogP contribution in [-0.4, -0.2) is 170 Å². The minimum atomic E-state index is -4.80. The molecule has 7 rings (SSSR count). The minimum absolute atomic E-state index is 0.0238. The number of hydrogen-bond acceptors (Lipinski definition) is 18. The Morgan fingerprint density at radius 1 is 0.769 bits per heavy atom. The van der Waals surface area contributed by atoms with E-state index in [1.165, 1.54) is 19.4 Å². The van der Waals surface area contributed by atoms with E-state index in [1.54, 1.807) is 13.8 Å². The van der Waals surface area contributed by atoms with Crippen molar-refractivity contribution in [3.8, 4) is 0 Å². The Bertz CT molecular complexity index is 1830. The monoisotopic (exact) mass is 950 g/mol. The number of ketones is 1. The SMILES string of the molecule is CC(C)CC(=O)C[C@](C)(O)[C@H]1CC[C@H]2[C@@H]3C[C@H](O[C@@H]4O[C@H](C)[C@@H](O)[C@H](O[C@@H]5O[C@H](C)[C@@H](O)[C@H](O)[C@H]5O[C@@H]5O[C@H](C)[C@@H](O)[C@H](O)[C@H]5O)[C@H]4O)[C@H]4C[C@@H](OS(=O)(=O)O)CC[C@]4(C)C3=CC[C@@]21C. The van der Waals surface area contributed by atoms with Gasteiger partial charge in [-0.2, -0.15) is 8.42 Å². The van der Waals surface area contributed by atoms with Crippen molar-refractivity contribution in [2.75, 3.05) is 0 Å². The van der Waals surface area contributed by atoms with Crippen LogP contribution in [0.25, 0.3) is 0 Å². The molecular formula is C45H74O19S. The van der Waals surface area contributed by atoms with E-state index < -0.39 is 132 Å². The molecule has 7 aliphatic rings. The van der Waals surface area contributed by atoms with Crippen molar-refractivity contribution in [3.05, 3.63) is 11.6 Å². The van der Waals surface area contributed by atoms with E-state index >= 15 is 0 Å². The highest BCUT2D eigenvalue weighted by Crippen LogP contribution is 2.67. The maximum atomic E-state index is 13.1. The number of aliphatic hydroxyl groups excluding tert-OH is 7. The fourth-order valence-electron chi connectivity index (χ4n) is 13.1. The van der Waals surface area contributed by atoms with Crippen LogP contribution in [-0.2, 0) is 47.8 Å². The first-order valence-electron chi connectivity index (χ1n) is 23.5.